The molecule has 1 saturated carbocycles. The molecule has 1 fully saturated rings. The van der Waals surface area contributed by atoms with Gasteiger partial charge in [-0.2, -0.15) is 5.10 Å². The molecule has 0 spiro atoms. The predicted octanol–water partition coefficient (Wildman–Crippen LogP) is 2.17. The van der Waals surface area contributed by atoms with Gasteiger partial charge < -0.3 is 5.11 Å². The van der Waals surface area contributed by atoms with Crippen LogP contribution in [0.15, 0.2) is 6.33 Å². The van der Waals surface area contributed by atoms with E-state index in [4.69, 9.17) is 0 Å². The molecule has 2 rings (SSSR count). The fraction of sp³-hybridized carbons (Fsp3) is 0.846. The van der Waals surface area contributed by atoms with Crippen LogP contribution < -0.4 is 0 Å². The van der Waals surface area contributed by atoms with Crippen molar-refractivity contribution < 1.29 is 5.11 Å². The first-order valence-electron chi connectivity index (χ1n) is 6.76. The van der Waals surface area contributed by atoms with Gasteiger partial charge in [0.2, 0.25) is 0 Å². The molecule has 0 saturated heterocycles. The number of aromatic nitrogens is 3. The number of aryl methyl sites for hydroxylation is 1. The summed E-state index contributed by atoms with van der Waals surface area (Å²) in [5.74, 6) is 1.60. The Bertz CT molecular complexity index is 363. The van der Waals surface area contributed by atoms with Gasteiger partial charge in [0.25, 0.3) is 0 Å². The van der Waals surface area contributed by atoms with E-state index < -0.39 is 5.60 Å². The van der Waals surface area contributed by atoms with Gasteiger partial charge in [-0.15, -0.1) is 0 Å². The van der Waals surface area contributed by atoms with Gasteiger partial charge in [-0.1, -0.05) is 26.2 Å². The molecule has 0 amide bonds. The van der Waals surface area contributed by atoms with Gasteiger partial charge >= 0.3 is 0 Å². The monoisotopic (exact) mass is 237 g/mol. The summed E-state index contributed by atoms with van der Waals surface area (Å²) < 4.78 is 1.88. The summed E-state index contributed by atoms with van der Waals surface area (Å²) in [6.07, 6.45) is 7.62. The SMILES string of the molecule is CCC1CCCC(O)(Cc2ncnn2CC)C1. The fourth-order valence-electron chi connectivity index (χ4n) is 2.95. The summed E-state index contributed by atoms with van der Waals surface area (Å²) in [6, 6.07) is 0. The van der Waals surface area contributed by atoms with Gasteiger partial charge in [0.05, 0.1) is 5.60 Å². The van der Waals surface area contributed by atoms with E-state index in [-0.39, 0.29) is 0 Å². The van der Waals surface area contributed by atoms with Crippen LogP contribution in [0.4, 0.5) is 0 Å². The molecule has 1 N–H and O–H groups in total. The Morgan fingerprint density at radius 2 is 2.35 bits per heavy atom. The first-order valence-corrected chi connectivity index (χ1v) is 6.76. The minimum Gasteiger partial charge on any atom is -0.389 e. The zero-order valence-electron chi connectivity index (χ0n) is 10.9. The molecule has 96 valence electrons. The maximum Gasteiger partial charge on any atom is 0.138 e. The van der Waals surface area contributed by atoms with Crippen LogP contribution in [0.3, 0.4) is 0 Å². The van der Waals surface area contributed by atoms with Gasteiger partial charge in [0.15, 0.2) is 0 Å². The average Bonchev–Trinajstić information content (AvgIpc) is 2.75. The molecule has 2 atom stereocenters. The highest BCUT2D eigenvalue weighted by molar-refractivity contribution is 4.97. The average molecular weight is 237 g/mol. The van der Waals surface area contributed by atoms with E-state index >= 15 is 0 Å². The summed E-state index contributed by atoms with van der Waals surface area (Å²) in [7, 11) is 0. The Hall–Kier alpha value is -0.900. The number of aliphatic hydroxyl groups is 1. The van der Waals surface area contributed by atoms with Crippen LogP contribution in [0.25, 0.3) is 0 Å². The molecule has 1 aliphatic rings. The molecular weight excluding hydrogens is 214 g/mol. The molecule has 4 heteroatoms. The molecule has 0 radical (unpaired) electrons. The molecule has 0 bridgehead atoms. The molecule has 0 aliphatic heterocycles. The fourth-order valence-corrected chi connectivity index (χ4v) is 2.95. The van der Waals surface area contributed by atoms with Crippen molar-refractivity contribution in [3.05, 3.63) is 12.2 Å². The van der Waals surface area contributed by atoms with E-state index in [9.17, 15) is 5.11 Å². The normalized spacial score (nSPS) is 29.5. The molecule has 1 aromatic rings. The van der Waals surface area contributed by atoms with Crippen molar-refractivity contribution >= 4 is 0 Å². The van der Waals surface area contributed by atoms with E-state index in [1.165, 1.54) is 12.8 Å². The lowest BCUT2D eigenvalue weighted by Crippen LogP contribution is -2.38. The largest absolute Gasteiger partial charge is 0.389 e. The smallest absolute Gasteiger partial charge is 0.138 e. The topological polar surface area (TPSA) is 50.9 Å². The van der Waals surface area contributed by atoms with Crippen molar-refractivity contribution in [2.24, 2.45) is 5.92 Å². The van der Waals surface area contributed by atoms with Crippen molar-refractivity contribution in [2.45, 2.75) is 64.5 Å². The van der Waals surface area contributed by atoms with Crippen molar-refractivity contribution in [1.29, 1.82) is 0 Å². The second kappa shape index (κ2) is 5.17. The van der Waals surface area contributed by atoms with E-state index in [0.717, 1.165) is 31.6 Å². The maximum atomic E-state index is 10.7. The second-order valence-corrected chi connectivity index (χ2v) is 5.26. The summed E-state index contributed by atoms with van der Waals surface area (Å²) in [5, 5.41) is 14.8. The quantitative estimate of drug-likeness (QED) is 0.873. The third-order valence-corrected chi connectivity index (χ3v) is 3.98. The molecule has 2 unspecified atom stereocenters. The number of hydrogen-bond acceptors (Lipinski definition) is 3. The standard InChI is InChI=1S/C13H23N3O/c1-3-11-6-5-7-13(17,8-11)9-12-14-10-15-16(12)4-2/h10-11,17H,3-9H2,1-2H3. The lowest BCUT2D eigenvalue weighted by atomic mass is 9.75. The Morgan fingerprint density at radius 3 is 3.06 bits per heavy atom. The first-order chi connectivity index (χ1) is 8.17. The third kappa shape index (κ3) is 2.86. The highest BCUT2D eigenvalue weighted by Crippen LogP contribution is 2.35. The van der Waals surface area contributed by atoms with Crippen LogP contribution in [-0.4, -0.2) is 25.5 Å². The van der Waals surface area contributed by atoms with E-state index in [1.54, 1.807) is 6.33 Å². The zero-order chi connectivity index (χ0) is 12.3. The summed E-state index contributed by atoms with van der Waals surface area (Å²) in [4.78, 5) is 4.27. The van der Waals surface area contributed by atoms with Crippen molar-refractivity contribution in [3.8, 4) is 0 Å². The van der Waals surface area contributed by atoms with Gasteiger partial charge in [0.1, 0.15) is 12.2 Å². The predicted molar refractivity (Wildman–Crippen MR) is 66.6 cm³/mol. The minimum absolute atomic E-state index is 0.557. The molecule has 4 nitrogen and oxygen atoms in total. The Balaban J connectivity index is 2.06. The Labute approximate surface area is 103 Å². The van der Waals surface area contributed by atoms with Gasteiger partial charge in [-0.25, -0.2) is 4.98 Å². The highest BCUT2D eigenvalue weighted by Gasteiger charge is 2.34. The summed E-state index contributed by atoms with van der Waals surface area (Å²) in [6.45, 7) is 5.09. The van der Waals surface area contributed by atoms with Crippen LogP contribution in [-0.2, 0) is 13.0 Å². The van der Waals surface area contributed by atoms with E-state index in [1.807, 2.05) is 4.68 Å². The van der Waals surface area contributed by atoms with Gasteiger partial charge in [-0.05, 0) is 25.7 Å². The van der Waals surface area contributed by atoms with Gasteiger partial charge in [-0.3, -0.25) is 4.68 Å². The third-order valence-electron chi connectivity index (χ3n) is 3.98. The van der Waals surface area contributed by atoms with Crippen LogP contribution >= 0.6 is 0 Å². The van der Waals surface area contributed by atoms with Crippen molar-refractivity contribution in [1.82, 2.24) is 14.8 Å². The van der Waals surface area contributed by atoms with E-state index in [2.05, 4.69) is 23.9 Å². The molecule has 1 heterocycles. The zero-order valence-corrected chi connectivity index (χ0v) is 10.9. The number of hydrogen-bond donors (Lipinski definition) is 1. The summed E-state index contributed by atoms with van der Waals surface area (Å²) >= 11 is 0. The second-order valence-electron chi connectivity index (χ2n) is 5.26. The minimum atomic E-state index is -0.557. The van der Waals surface area contributed by atoms with Crippen LogP contribution in [0.1, 0.15) is 51.8 Å². The van der Waals surface area contributed by atoms with Crippen molar-refractivity contribution in [3.63, 3.8) is 0 Å². The lowest BCUT2D eigenvalue weighted by molar-refractivity contribution is -0.0184. The molecule has 17 heavy (non-hydrogen) atoms. The number of nitrogens with zero attached hydrogens (tertiary/aromatic N) is 3. The molecule has 1 aromatic heterocycles. The number of rotatable bonds is 4. The maximum absolute atomic E-state index is 10.7. The molecule has 0 aromatic carbocycles. The Morgan fingerprint density at radius 1 is 1.53 bits per heavy atom. The molecule has 1 aliphatic carbocycles. The van der Waals surface area contributed by atoms with Gasteiger partial charge in [0, 0.05) is 13.0 Å². The van der Waals surface area contributed by atoms with Crippen LogP contribution in [0, 0.1) is 5.92 Å². The lowest BCUT2D eigenvalue weighted by Gasteiger charge is -2.36. The Kier molecular flexibility index (Phi) is 3.82. The van der Waals surface area contributed by atoms with Crippen molar-refractivity contribution in [2.75, 3.05) is 0 Å². The first kappa shape index (κ1) is 12.6. The van der Waals surface area contributed by atoms with Crippen LogP contribution in [0.2, 0.25) is 0 Å². The van der Waals surface area contributed by atoms with E-state index in [0.29, 0.717) is 12.3 Å². The highest BCUT2D eigenvalue weighted by atomic mass is 16.3. The van der Waals surface area contributed by atoms with Crippen LogP contribution in [0.5, 0.6) is 0 Å². The molecular formula is C13H23N3O. The summed E-state index contributed by atoms with van der Waals surface area (Å²) in [5.41, 5.74) is -0.557.